The van der Waals surface area contributed by atoms with Crippen molar-refractivity contribution in [3.8, 4) is 0 Å². The highest BCUT2D eigenvalue weighted by molar-refractivity contribution is 5.74. The Hall–Kier alpha value is -1.42. The molecule has 1 aromatic rings. The van der Waals surface area contributed by atoms with Gasteiger partial charge in [-0.15, -0.1) is 0 Å². The number of rotatable bonds is 4. The van der Waals surface area contributed by atoms with Gasteiger partial charge in [0.25, 0.3) is 0 Å². The average Bonchev–Trinajstić information content (AvgIpc) is 2.85. The van der Waals surface area contributed by atoms with Crippen LogP contribution < -0.4 is 0 Å². The molecule has 20 heavy (non-hydrogen) atoms. The van der Waals surface area contributed by atoms with Crippen LogP contribution in [0.1, 0.15) is 37.7 Å². The van der Waals surface area contributed by atoms with E-state index in [4.69, 9.17) is 0 Å². The third-order valence-corrected chi connectivity index (χ3v) is 4.89. The fourth-order valence-electron chi connectivity index (χ4n) is 3.92. The summed E-state index contributed by atoms with van der Waals surface area (Å²) < 4.78 is 0. The molecule has 0 bridgehead atoms. The van der Waals surface area contributed by atoms with Crippen LogP contribution in [0.25, 0.3) is 0 Å². The first-order chi connectivity index (χ1) is 9.75. The topological polar surface area (TPSA) is 53.4 Å². The summed E-state index contributed by atoms with van der Waals surface area (Å²) in [6.45, 7) is 0.837. The molecule has 2 heterocycles. The van der Waals surface area contributed by atoms with E-state index in [-0.39, 0.29) is 6.04 Å². The molecule has 2 aliphatic rings. The van der Waals surface area contributed by atoms with Crippen LogP contribution in [0.4, 0.5) is 0 Å². The molecule has 1 N–H and O–H groups in total. The Morgan fingerprint density at radius 2 is 2.25 bits per heavy atom. The summed E-state index contributed by atoms with van der Waals surface area (Å²) in [5.74, 6) is -0.0515. The van der Waals surface area contributed by atoms with Crippen LogP contribution in [0.15, 0.2) is 24.5 Å². The summed E-state index contributed by atoms with van der Waals surface area (Å²) in [7, 11) is 0. The van der Waals surface area contributed by atoms with Gasteiger partial charge in [-0.05, 0) is 43.2 Å². The van der Waals surface area contributed by atoms with Crippen LogP contribution in [0, 0.1) is 5.92 Å². The first kappa shape index (κ1) is 13.6. The van der Waals surface area contributed by atoms with E-state index in [9.17, 15) is 9.90 Å². The largest absolute Gasteiger partial charge is 0.480 e. The number of carbonyl (C=O) groups is 1. The van der Waals surface area contributed by atoms with Gasteiger partial charge in [-0.1, -0.05) is 18.9 Å². The van der Waals surface area contributed by atoms with Gasteiger partial charge in [0.1, 0.15) is 6.04 Å². The van der Waals surface area contributed by atoms with E-state index < -0.39 is 5.97 Å². The zero-order valence-electron chi connectivity index (χ0n) is 11.7. The number of carboxylic acid groups (broad SMARTS) is 1. The summed E-state index contributed by atoms with van der Waals surface area (Å²) in [4.78, 5) is 17.9. The molecule has 4 nitrogen and oxygen atoms in total. The maximum absolute atomic E-state index is 11.5. The highest BCUT2D eigenvalue weighted by atomic mass is 16.4. The van der Waals surface area contributed by atoms with E-state index in [1.165, 1.54) is 31.2 Å². The molecule has 108 valence electrons. The molecule has 1 saturated carbocycles. The van der Waals surface area contributed by atoms with Crippen LogP contribution >= 0.6 is 0 Å². The quantitative estimate of drug-likeness (QED) is 0.915. The summed E-state index contributed by atoms with van der Waals surface area (Å²) in [6.07, 6.45) is 10.3. The molecular formula is C16H22N2O2. The molecule has 3 rings (SSSR count). The van der Waals surface area contributed by atoms with Crippen LogP contribution in [-0.2, 0) is 11.2 Å². The Bertz CT molecular complexity index is 463. The fraction of sp³-hybridized carbons (Fsp3) is 0.625. The molecule has 1 aromatic heterocycles. The Kier molecular flexibility index (Phi) is 4.01. The SMILES string of the molecule is O=C(O)[C@@H]1C[C@@H]2CCCC[C@@H]2N1CCc1cccnc1. The van der Waals surface area contributed by atoms with E-state index in [2.05, 4.69) is 16.0 Å². The highest BCUT2D eigenvalue weighted by Gasteiger charge is 2.44. The number of nitrogens with zero attached hydrogens (tertiary/aromatic N) is 2. The minimum Gasteiger partial charge on any atom is -0.480 e. The summed E-state index contributed by atoms with van der Waals surface area (Å²) >= 11 is 0. The van der Waals surface area contributed by atoms with Crippen molar-refractivity contribution in [3.63, 3.8) is 0 Å². The summed E-state index contributed by atoms with van der Waals surface area (Å²) in [6, 6.07) is 4.22. The lowest BCUT2D eigenvalue weighted by Gasteiger charge is -2.32. The second-order valence-electron chi connectivity index (χ2n) is 6.05. The van der Waals surface area contributed by atoms with Crippen molar-refractivity contribution in [2.45, 2.75) is 50.6 Å². The van der Waals surface area contributed by atoms with Crippen LogP contribution in [-0.4, -0.2) is 39.6 Å². The molecule has 1 aliphatic carbocycles. The van der Waals surface area contributed by atoms with Crippen molar-refractivity contribution in [2.75, 3.05) is 6.54 Å². The predicted molar refractivity (Wildman–Crippen MR) is 76.4 cm³/mol. The third kappa shape index (κ3) is 2.70. The molecule has 0 aromatic carbocycles. The molecular weight excluding hydrogens is 252 g/mol. The first-order valence-corrected chi connectivity index (χ1v) is 7.63. The van der Waals surface area contributed by atoms with Gasteiger partial charge in [-0.25, -0.2) is 0 Å². The van der Waals surface area contributed by atoms with Gasteiger partial charge in [0, 0.05) is 25.0 Å². The molecule has 0 spiro atoms. The zero-order valence-corrected chi connectivity index (χ0v) is 11.7. The summed E-state index contributed by atoms with van der Waals surface area (Å²) in [5, 5.41) is 9.47. The van der Waals surface area contributed by atoms with E-state index in [0.29, 0.717) is 12.0 Å². The molecule has 0 amide bonds. The minimum atomic E-state index is -0.648. The number of hydrogen-bond acceptors (Lipinski definition) is 3. The number of carboxylic acids is 1. The van der Waals surface area contributed by atoms with Crippen LogP contribution in [0.5, 0.6) is 0 Å². The van der Waals surface area contributed by atoms with E-state index >= 15 is 0 Å². The molecule has 3 atom stereocenters. The molecule has 4 heteroatoms. The summed E-state index contributed by atoms with van der Waals surface area (Å²) in [5.41, 5.74) is 1.19. The molecule has 0 radical (unpaired) electrons. The maximum atomic E-state index is 11.5. The first-order valence-electron chi connectivity index (χ1n) is 7.63. The van der Waals surface area contributed by atoms with Crippen molar-refractivity contribution >= 4 is 5.97 Å². The van der Waals surface area contributed by atoms with Crippen molar-refractivity contribution in [1.29, 1.82) is 0 Å². The Morgan fingerprint density at radius 3 is 3.00 bits per heavy atom. The van der Waals surface area contributed by atoms with Gasteiger partial charge in [0.15, 0.2) is 0 Å². The highest BCUT2D eigenvalue weighted by Crippen LogP contribution is 2.39. The van der Waals surface area contributed by atoms with Gasteiger partial charge in [-0.2, -0.15) is 0 Å². The number of hydrogen-bond donors (Lipinski definition) is 1. The molecule has 1 saturated heterocycles. The van der Waals surface area contributed by atoms with Gasteiger partial charge in [0.2, 0.25) is 0 Å². The lowest BCUT2D eigenvalue weighted by Crippen LogP contribution is -2.43. The Morgan fingerprint density at radius 1 is 1.40 bits per heavy atom. The number of likely N-dealkylation sites (tertiary alicyclic amines) is 1. The molecule has 1 aliphatic heterocycles. The number of pyridine rings is 1. The number of aliphatic carboxylic acids is 1. The van der Waals surface area contributed by atoms with Gasteiger partial charge >= 0.3 is 5.97 Å². The van der Waals surface area contributed by atoms with Crippen molar-refractivity contribution < 1.29 is 9.90 Å². The van der Waals surface area contributed by atoms with E-state index in [1.807, 2.05) is 12.3 Å². The smallest absolute Gasteiger partial charge is 0.320 e. The van der Waals surface area contributed by atoms with Crippen molar-refractivity contribution in [1.82, 2.24) is 9.88 Å². The second kappa shape index (κ2) is 5.92. The van der Waals surface area contributed by atoms with Crippen molar-refractivity contribution in [2.24, 2.45) is 5.92 Å². The van der Waals surface area contributed by atoms with Gasteiger partial charge in [-0.3, -0.25) is 14.7 Å². The van der Waals surface area contributed by atoms with Crippen LogP contribution in [0.3, 0.4) is 0 Å². The van der Waals surface area contributed by atoms with E-state index in [1.54, 1.807) is 6.20 Å². The maximum Gasteiger partial charge on any atom is 0.320 e. The van der Waals surface area contributed by atoms with E-state index in [0.717, 1.165) is 19.4 Å². The Balaban J connectivity index is 1.69. The number of fused-ring (bicyclic) bond motifs is 1. The Labute approximate surface area is 119 Å². The van der Waals surface area contributed by atoms with Gasteiger partial charge < -0.3 is 5.11 Å². The van der Waals surface area contributed by atoms with Crippen molar-refractivity contribution in [3.05, 3.63) is 30.1 Å². The fourth-order valence-corrected chi connectivity index (χ4v) is 3.92. The van der Waals surface area contributed by atoms with Crippen LogP contribution in [0.2, 0.25) is 0 Å². The second-order valence-corrected chi connectivity index (χ2v) is 6.05. The molecule has 0 unspecified atom stereocenters. The lowest BCUT2D eigenvalue weighted by molar-refractivity contribution is -0.142. The predicted octanol–water partition coefficient (Wildman–Crippen LogP) is 2.34. The average molecular weight is 274 g/mol. The monoisotopic (exact) mass is 274 g/mol. The minimum absolute atomic E-state index is 0.278. The molecule has 2 fully saturated rings. The van der Waals surface area contributed by atoms with Gasteiger partial charge in [0.05, 0.1) is 0 Å². The standard InChI is InChI=1S/C16H22N2O2/c19-16(20)15-10-13-5-1-2-6-14(13)18(15)9-7-12-4-3-8-17-11-12/h3-4,8,11,13-15H,1-2,5-7,9-10H2,(H,19,20)/t13-,14-,15-/m0/s1. The normalized spacial score (nSPS) is 30.1. The third-order valence-electron chi connectivity index (χ3n) is 4.89. The number of aromatic nitrogens is 1. The zero-order chi connectivity index (χ0) is 13.9. The lowest BCUT2D eigenvalue weighted by atomic mass is 9.84.